The molecular formula is C44H30Cl2FN5O2. The molecule has 1 atom stereocenters. The molecule has 0 spiro atoms. The molecule has 0 aliphatic carbocycles. The summed E-state index contributed by atoms with van der Waals surface area (Å²) < 4.78 is 22.1. The Bertz CT molecular complexity index is 2630. The van der Waals surface area contributed by atoms with Crippen LogP contribution in [-0.4, -0.2) is 38.7 Å². The molecule has 1 aliphatic rings. The van der Waals surface area contributed by atoms with Gasteiger partial charge in [0.1, 0.15) is 11.9 Å². The Morgan fingerprint density at radius 2 is 1.52 bits per heavy atom. The first kappa shape index (κ1) is 39.9. The highest BCUT2D eigenvalue weighted by Gasteiger charge is 2.25. The maximum atomic E-state index is 14.1. The molecule has 0 radical (unpaired) electrons. The number of anilines is 1. The molecular weight excluding hydrogens is 720 g/mol. The first-order valence-electron chi connectivity index (χ1n) is 16.4. The van der Waals surface area contributed by atoms with Crippen molar-refractivity contribution in [2.24, 2.45) is 0 Å². The minimum atomic E-state index is -0.697. The van der Waals surface area contributed by atoms with Gasteiger partial charge in [-0.15, -0.1) is 0 Å². The molecule has 4 rings (SSSR count). The summed E-state index contributed by atoms with van der Waals surface area (Å²) in [7, 11) is 0. The normalized spacial score (nSPS) is 11.5. The molecule has 0 bridgehead atoms. The lowest BCUT2D eigenvalue weighted by Crippen LogP contribution is -2.39. The third-order valence-electron chi connectivity index (χ3n) is 7.75. The second-order valence-corrected chi connectivity index (χ2v) is 12.2. The molecule has 1 aromatic carbocycles. The maximum Gasteiger partial charge on any atom is 0.222 e. The number of aromatic nitrogens is 3. The van der Waals surface area contributed by atoms with Crippen molar-refractivity contribution < 1.29 is 13.9 Å². The van der Waals surface area contributed by atoms with E-state index in [1.54, 1.807) is 25.4 Å². The summed E-state index contributed by atoms with van der Waals surface area (Å²) in [6.45, 7) is 8.16. The van der Waals surface area contributed by atoms with E-state index in [-0.39, 0.29) is 27.8 Å². The number of likely N-dealkylation sites (tertiary alicyclic amines) is 1. The van der Waals surface area contributed by atoms with Crippen molar-refractivity contribution in [3.63, 3.8) is 0 Å². The first-order chi connectivity index (χ1) is 26.2. The summed E-state index contributed by atoms with van der Waals surface area (Å²) >= 11 is 12.5. The number of carbonyl (C=O) groups excluding carboxylic acids is 1. The van der Waals surface area contributed by atoms with Crippen LogP contribution in [0.2, 0.25) is 10.0 Å². The van der Waals surface area contributed by atoms with Crippen LogP contribution in [-0.2, 0) is 4.79 Å². The van der Waals surface area contributed by atoms with Gasteiger partial charge in [0.2, 0.25) is 5.91 Å². The Morgan fingerprint density at radius 1 is 0.926 bits per heavy atom. The van der Waals surface area contributed by atoms with E-state index < -0.39 is 11.9 Å². The summed E-state index contributed by atoms with van der Waals surface area (Å²) in [5.41, 5.74) is 52.5. The van der Waals surface area contributed by atoms with Crippen LogP contribution in [0, 0.1) is 5.82 Å². The summed E-state index contributed by atoms with van der Waals surface area (Å²) in [4.78, 5) is 19.1. The second-order valence-electron chi connectivity index (χ2n) is 11.4. The number of piperidine rings is 1. The van der Waals surface area contributed by atoms with Gasteiger partial charge >= 0.3 is 0 Å². The van der Waals surface area contributed by atoms with Gasteiger partial charge < -0.3 is 15.4 Å². The zero-order chi connectivity index (χ0) is 38.7. The number of nitrogen functional groups attached to an aromatic ring is 1. The predicted molar refractivity (Wildman–Crippen MR) is 204 cm³/mol. The molecule has 1 fully saturated rings. The van der Waals surface area contributed by atoms with Gasteiger partial charge in [-0.05, 0) is 149 Å². The molecule has 0 unspecified atom stereocenters. The van der Waals surface area contributed by atoms with Gasteiger partial charge in [-0.2, -0.15) is 5.10 Å². The first-order valence-corrected chi connectivity index (χ1v) is 17.2. The van der Waals surface area contributed by atoms with E-state index in [9.17, 15) is 9.18 Å². The summed E-state index contributed by atoms with van der Waals surface area (Å²) in [6.07, 6.45) is 7.06. The van der Waals surface area contributed by atoms with E-state index in [0.717, 1.165) is 29.5 Å². The Labute approximate surface area is 322 Å². The molecule has 10 heteroatoms. The summed E-state index contributed by atoms with van der Waals surface area (Å²) in [5, 5.41) is 4.76. The van der Waals surface area contributed by atoms with Gasteiger partial charge in [0, 0.05) is 53.6 Å². The minimum absolute atomic E-state index is 0.0837. The molecule has 7 nitrogen and oxygen atoms in total. The van der Waals surface area contributed by atoms with Crippen LogP contribution in [0.3, 0.4) is 0 Å². The third-order valence-corrected chi connectivity index (χ3v) is 8.46. The lowest BCUT2D eigenvalue weighted by molar-refractivity contribution is -0.132. The number of nitrogens with two attached hydrogens (primary N) is 1. The lowest BCUT2D eigenvalue weighted by Gasteiger charge is -2.32. The topological polar surface area (TPSA) is 86.3 Å². The van der Waals surface area contributed by atoms with E-state index in [1.807, 2.05) is 22.7 Å². The molecule has 3 aromatic rings. The number of rotatable bonds is 8. The molecule has 264 valence electrons. The van der Waals surface area contributed by atoms with Crippen molar-refractivity contribution in [3.8, 4) is 16.9 Å². The lowest BCUT2D eigenvalue weighted by atomic mass is 10.0. The molecule has 1 saturated heterocycles. The SMILES string of the molecule is C=C=C=C=C=C=C=C=C=C=C=C=C=C=C=C=C=C=C(C)CCC(=O)N1CCC(n2cc(-c3cnc(N)c(O[C@H](C)c4c(Cl)ccc(F)c4Cl)c3)cn2)CC1. The number of amides is 1. The number of hydrogen-bond donors (Lipinski definition) is 1. The maximum absolute atomic E-state index is 14.1. The summed E-state index contributed by atoms with van der Waals surface area (Å²) in [5.74, 6) is -0.0427. The second kappa shape index (κ2) is 20.9. The quantitative estimate of drug-likeness (QED) is 0.183. The molecule has 1 aliphatic heterocycles. The zero-order valence-corrected chi connectivity index (χ0v) is 30.9. The fourth-order valence-corrected chi connectivity index (χ4v) is 5.72. The third kappa shape index (κ3) is 12.1. The summed E-state index contributed by atoms with van der Waals surface area (Å²) in [6, 6.07) is 4.51. The van der Waals surface area contributed by atoms with Gasteiger partial charge in [0.15, 0.2) is 11.6 Å². The molecule has 3 heterocycles. The van der Waals surface area contributed by atoms with Crippen LogP contribution in [0.5, 0.6) is 5.75 Å². The van der Waals surface area contributed by atoms with Crippen molar-refractivity contribution in [1.29, 1.82) is 0 Å². The molecule has 2 N–H and O–H groups in total. The Morgan fingerprint density at radius 3 is 2.13 bits per heavy atom. The standard InChI is InChI=1S/C44H30Cl2FN5O2/c1-4-5-6-7-8-9-10-11-12-13-14-15-16-17-18-19-20-33(2)21-24-41(53)51-27-25-37(26-28-51)52-32-36(31-50-52)35-29-40(44(48)49-30-35)54-34(3)42-38(45)22-23-39(47)43(42)46/h22-23,29-32,34,37H,1,21,24-28H2,2-3H3,(H2,48,49)/t34-/m1/s1. The van der Waals surface area contributed by atoms with E-state index in [1.165, 1.54) is 12.1 Å². The van der Waals surface area contributed by atoms with Crippen molar-refractivity contribution >= 4 is 34.9 Å². The molecule has 1 amide bonds. The van der Waals surface area contributed by atoms with E-state index in [4.69, 9.17) is 33.7 Å². The highest BCUT2D eigenvalue weighted by atomic mass is 35.5. The fourth-order valence-electron chi connectivity index (χ4n) is 5.04. The predicted octanol–water partition coefficient (Wildman–Crippen LogP) is 9.27. The minimum Gasteiger partial charge on any atom is -0.482 e. The Balaban J connectivity index is 1.32. The van der Waals surface area contributed by atoms with Crippen LogP contribution in [0.4, 0.5) is 10.2 Å². The van der Waals surface area contributed by atoms with E-state index in [2.05, 4.69) is 114 Å². The van der Waals surface area contributed by atoms with E-state index >= 15 is 0 Å². The van der Waals surface area contributed by atoms with Crippen molar-refractivity contribution in [1.82, 2.24) is 19.7 Å². The van der Waals surface area contributed by atoms with Crippen LogP contribution in [0.15, 0.2) is 146 Å². The molecule has 2 aromatic heterocycles. The highest BCUT2D eigenvalue weighted by Crippen LogP contribution is 2.37. The van der Waals surface area contributed by atoms with Gasteiger partial charge in [-0.3, -0.25) is 9.48 Å². The van der Waals surface area contributed by atoms with Crippen LogP contribution >= 0.6 is 23.2 Å². The van der Waals surface area contributed by atoms with Gasteiger partial charge in [0.25, 0.3) is 0 Å². The van der Waals surface area contributed by atoms with Crippen LogP contribution < -0.4 is 10.5 Å². The monoisotopic (exact) mass is 749 g/mol. The molecule has 0 saturated carbocycles. The smallest absolute Gasteiger partial charge is 0.222 e. The number of hydrogen-bond acceptors (Lipinski definition) is 5. The van der Waals surface area contributed by atoms with Crippen molar-refractivity contribution in [2.45, 2.75) is 51.7 Å². The largest absolute Gasteiger partial charge is 0.482 e. The number of nitrogens with zero attached hydrogens (tertiary/aromatic N) is 4. The highest BCUT2D eigenvalue weighted by molar-refractivity contribution is 6.36. The number of halogens is 3. The number of pyridine rings is 1. The number of benzene rings is 1. The number of carbonyl (C=O) groups is 1. The van der Waals surface area contributed by atoms with Crippen molar-refractivity contribution in [2.75, 3.05) is 18.8 Å². The Kier molecular flexibility index (Phi) is 15.4. The Hall–Kier alpha value is -6.84. The number of allylic oxidation sites excluding steroid dienone is 1. The fraction of sp³-hybridized carbons (Fsp3) is 0.227. The van der Waals surface area contributed by atoms with Gasteiger partial charge in [0.05, 0.1) is 17.3 Å². The van der Waals surface area contributed by atoms with Crippen molar-refractivity contribution in [3.05, 3.63) is 168 Å². The number of ether oxygens (including phenoxy) is 1. The van der Waals surface area contributed by atoms with Crippen LogP contribution in [0.25, 0.3) is 11.1 Å². The van der Waals surface area contributed by atoms with E-state index in [0.29, 0.717) is 37.2 Å². The van der Waals surface area contributed by atoms with Crippen LogP contribution in [0.1, 0.15) is 57.2 Å². The molecule has 54 heavy (non-hydrogen) atoms. The van der Waals surface area contributed by atoms with Gasteiger partial charge in [-0.1, -0.05) is 34.7 Å². The zero-order valence-electron chi connectivity index (χ0n) is 29.4. The average Bonchev–Trinajstić information content (AvgIpc) is 3.67. The average molecular weight is 751 g/mol. The van der Waals surface area contributed by atoms with Gasteiger partial charge in [-0.25, -0.2) is 9.37 Å².